The fourth-order valence-corrected chi connectivity index (χ4v) is 5.36. The van der Waals surface area contributed by atoms with Crippen LogP contribution in [0.5, 0.6) is 5.75 Å². The molecule has 4 rings (SSSR count). The summed E-state index contributed by atoms with van der Waals surface area (Å²) in [5, 5.41) is 28.1. The van der Waals surface area contributed by atoms with Gasteiger partial charge in [-0.1, -0.05) is 44.0 Å². The molecule has 2 heterocycles. The van der Waals surface area contributed by atoms with Crippen molar-refractivity contribution in [3.8, 4) is 11.4 Å². The van der Waals surface area contributed by atoms with Crippen molar-refractivity contribution in [2.75, 3.05) is 18.1 Å². The standard InChI is InChI=1S/C15H18Cl2N2O3.C15H12F2N4O3.C5H12NO4P/c1-8(2)21-12-7-11(9(16)6-10(12)17)19-14(20)22-13(18-19)15(3,4)5;1-8(13-12(14(22)23)3-2-4-18-13)20-21-15(24)19-11-6-9(16)5-10(17)7-11;1-11(9,10)3-2-4(6)5(7)8/h6-8H,1-5H3;2-7H,1H3,(H,22,23)(H2,19,21,24);4H,2-3,6H2,1H3,(H,7,8)(H,9,10)/b;20-8+;. The lowest BCUT2D eigenvalue weighted by Crippen LogP contribution is -2.30. The predicted molar refractivity (Wildman–Crippen MR) is 209 cm³/mol. The molecule has 0 bridgehead atoms. The number of rotatable bonds is 11. The number of carbonyl (C=O) groups excluding carboxylic acids is 1. The molecular weight excluding hydrogens is 818 g/mol. The Hall–Kier alpha value is -5.20. The summed E-state index contributed by atoms with van der Waals surface area (Å²) in [6, 6.07) is 6.55. The van der Waals surface area contributed by atoms with Crippen LogP contribution in [-0.2, 0) is 14.8 Å². The van der Waals surface area contributed by atoms with Crippen LogP contribution < -0.4 is 27.0 Å². The highest BCUT2D eigenvalue weighted by Crippen LogP contribution is 2.36. The molecule has 310 valence electrons. The van der Waals surface area contributed by atoms with Crippen LogP contribution in [0.15, 0.2) is 63.0 Å². The second-order valence-electron chi connectivity index (χ2n) is 13.4. The number of carbonyl (C=O) groups is 3. The van der Waals surface area contributed by atoms with Gasteiger partial charge in [-0.25, -0.2) is 28.6 Å². The van der Waals surface area contributed by atoms with Crippen LogP contribution in [0.3, 0.4) is 0 Å². The molecule has 17 nitrogen and oxygen atoms in total. The smallest absolute Gasteiger partial charge is 0.442 e. The number of halogens is 4. The first-order valence-corrected chi connectivity index (χ1v) is 19.6. The highest BCUT2D eigenvalue weighted by molar-refractivity contribution is 7.57. The monoisotopic (exact) mass is 859 g/mol. The van der Waals surface area contributed by atoms with E-state index in [1.807, 2.05) is 34.6 Å². The van der Waals surface area contributed by atoms with Crippen LogP contribution in [0.4, 0.5) is 19.3 Å². The van der Waals surface area contributed by atoms with E-state index in [4.69, 9.17) is 53.2 Å². The molecule has 2 aromatic heterocycles. The highest BCUT2D eigenvalue weighted by Gasteiger charge is 2.24. The molecule has 0 radical (unpaired) electrons. The molecule has 7 N–H and O–H groups in total. The number of benzene rings is 2. The van der Waals surface area contributed by atoms with Gasteiger partial charge in [0.05, 0.1) is 33.1 Å². The fourth-order valence-electron chi connectivity index (χ4n) is 4.10. The normalized spacial score (nSPS) is 12.9. The van der Waals surface area contributed by atoms with E-state index >= 15 is 0 Å². The summed E-state index contributed by atoms with van der Waals surface area (Å²) in [5.74, 6) is -3.86. The van der Waals surface area contributed by atoms with Crippen molar-refractivity contribution in [3.05, 3.63) is 98.0 Å². The van der Waals surface area contributed by atoms with E-state index in [-0.39, 0.29) is 51.8 Å². The quantitative estimate of drug-likeness (QED) is 0.0535. The average molecular weight is 861 g/mol. The fraction of sp³-hybridized carbons (Fsp3) is 0.343. The minimum Gasteiger partial charge on any atom is -0.489 e. The maximum atomic E-state index is 13.0. The summed E-state index contributed by atoms with van der Waals surface area (Å²) in [4.78, 5) is 57.6. The second-order valence-corrected chi connectivity index (χ2v) is 16.7. The summed E-state index contributed by atoms with van der Waals surface area (Å²) in [6.07, 6.45) is 1.32. The zero-order chi connectivity index (χ0) is 43.4. The van der Waals surface area contributed by atoms with Crippen LogP contribution in [0.1, 0.15) is 69.9 Å². The van der Waals surface area contributed by atoms with E-state index in [0.717, 1.165) is 16.8 Å². The van der Waals surface area contributed by atoms with E-state index in [1.165, 1.54) is 38.0 Å². The number of nitrogens with two attached hydrogens (primary N) is 1. The molecule has 2 amide bonds. The number of hydrazone groups is 1. The van der Waals surface area contributed by atoms with Crippen molar-refractivity contribution >= 4 is 59.9 Å². The minimum absolute atomic E-state index is 0.0412. The molecule has 57 heavy (non-hydrogen) atoms. The van der Waals surface area contributed by atoms with Gasteiger partial charge in [-0.15, -0.1) is 5.10 Å². The van der Waals surface area contributed by atoms with Crippen molar-refractivity contribution < 1.29 is 52.0 Å². The van der Waals surface area contributed by atoms with Gasteiger partial charge in [0.1, 0.15) is 29.1 Å². The van der Waals surface area contributed by atoms with Crippen LogP contribution >= 0.6 is 30.6 Å². The molecule has 0 saturated carbocycles. The van der Waals surface area contributed by atoms with Crippen LogP contribution in [0.25, 0.3) is 5.69 Å². The zero-order valence-electron chi connectivity index (χ0n) is 31.7. The first-order valence-electron chi connectivity index (χ1n) is 16.6. The third-order valence-electron chi connectivity index (χ3n) is 6.78. The number of ether oxygens (including phenoxy) is 1. The summed E-state index contributed by atoms with van der Waals surface area (Å²) in [6.45, 7) is 12.1. The molecule has 0 fully saturated rings. The average Bonchev–Trinajstić information content (AvgIpc) is 3.48. The third-order valence-corrected chi connectivity index (χ3v) is 8.47. The second kappa shape index (κ2) is 20.8. The first-order chi connectivity index (χ1) is 26.3. The number of pyridine rings is 1. The number of aliphatic carboxylic acids is 1. The number of aromatic carboxylic acids is 1. The molecule has 0 aliphatic carbocycles. The molecular formula is C35H42Cl2F2N7O10P. The lowest BCUT2D eigenvalue weighted by atomic mass is 9.97. The number of urea groups is 1. The van der Waals surface area contributed by atoms with Crippen molar-refractivity contribution in [1.29, 1.82) is 0 Å². The maximum absolute atomic E-state index is 13.0. The van der Waals surface area contributed by atoms with Gasteiger partial charge in [-0.05, 0) is 57.5 Å². The van der Waals surface area contributed by atoms with Crippen LogP contribution in [0.2, 0.25) is 10.0 Å². The topological polar surface area (TPSA) is 262 Å². The Balaban J connectivity index is 0.000000316. The number of nitrogens with one attached hydrogen (secondary N) is 2. The Labute approximate surface area is 335 Å². The number of anilines is 1. The Bertz CT molecular complexity index is 2180. The molecule has 0 saturated heterocycles. The van der Waals surface area contributed by atoms with Gasteiger partial charge in [0.2, 0.25) is 5.89 Å². The molecule has 2 unspecified atom stereocenters. The number of hydrogen-bond donors (Lipinski definition) is 6. The van der Waals surface area contributed by atoms with Crippen molar-refractivity contribution in [3.63, 3.8) is 0 Å². The highest BCUT2D eigenvalue weighted by atomic mass is 35.5. The molecule has 0 aliphatic rings. The molecule has 4 aromatic rings. The summed E-state index contributed by atoms with van der Waals surface area (Å²) >= 11 is 12.3. The van der Waals surface area contributed by atoms with E-state index in [1.54, 1.807) is 6.07 Å². The number of aromatic nitrogens is 3. The number of amides is 2. The summed E-state index contributed by atoms with van der Waals surface area (Å²) in [7, 11) is -3.10. The Morgan fingerprint density at radius 3 is 2.21 bits per heavy atom. The molecule has 0 aliphatic heterocycles. The van der Waals surface area contributed by atoms with Gasteiger partial charge < -0.3 is 35.3 Å². The van der Waals surface area contributed by atoms with Gasteiger partial charge in [0, 0.05) is 42.3 Å². The van der Waals surface area contributed by atoms with E-state index in [0.29, 0.717) is 28.4 Å². The Morgan fingerprint density at radius 2 is 1.70 bits per heavy atom. The maximum Gasteiger partial charge on any atom is 0.442 e. The first kappa shape index (κ1) is 48.0. The van der Waals surface area contributed by atoms with Crippen molar-refractivity contribution in [2.45, 2.75) is 65.5 Å². The molecule has 0 spiro atoms. The summed E-state index contributed by atoms with van der Waals surface area (Å²) in [5.41, 5.74) is 7.23. The third kappa shape index (κ3) is 16.1. The van der Waals surface area contributed by atoms with E-state index in [9.17, 15) is 32.5 Å². The van der Waals surface area contributed by atoms with E-state index in [2.05, 4.69) is 25.9 Å². The SMILES string of the molecule is C/C(=N\NC(=O)Nc1cc(F)cc(F)c1)c1ncccc1C(=O)O.CC(C)Oc1cc(-n2nc(C(C)(C)C)oc2=O)c(Cl)cc1Cl.CP(=O)(O)CCC(N)C(=O)O. The van der Waals surface area contributed by atoms with Gasteiger partial charge in [0.25, 0.3) is 0 Å². The van der Waals surface area contributed by atoms with Gasteiger partial charge in [-0.3, -0.25) is 14.3 Å². The lowest BCUT2D eigenvalue weighted by molar-refractivity contribution is -0.138. The number of carboxylic acids is 2. The zero-order valence-corrected chi connectivity index (χ0v) is 34.1. The Kier molecular flexibility index (Phi) is 17.5. The van der Waals surface area contributed by atoms with Crippen molar-refractivity contribution in [2.24, 2.45) is 10.8 Å². The number of hydrogen-bond acceptors (Lipinski definition) is 11. The van der Waals surface area contributed by atoms with Crippen molar-refractivity contribution in [1.82, 2.24) is 20.2 Å². The van der Waals surface area contributed by atoms with Gasteiger partial charge >= 0.3 is 23.7 Å². The number of nitrogens with zero attached hydrogens (tertiary/aromatic N) is 4. The van der Waals surface area contributed by atoms with Gasteiger partial charge in [0.15, 0.2) is 7.37 Å². The number of carboxylic acid groups (broad SMARTS) is 2. The predicted octanol–water partition coefficient (Wildman–Crippen LogP) is 6.51. The Morgan fingerprint density at radius 1 is 1.09 bits per heavy atom. The largest absolute Gasteiger partial charge is 0.489 e. The molecule has 22 heteroatoms. The molecule has 2 atom stereocenters. The summed E-state index contributed by atoms with van der Waals surface area (Å²) < 4.78 is 48.6. The van der Waals surface area contributed by atoms with Crippen LogP contribution in [0, 0.1) is 11.6 Å². The van der Waals surface area contributed by atoms with Gasteiger partial charge in [-0.2, -0.15) is 9.78 Å². The molecule has 2 aromatic carbocycles. The minimum atomic E-state index is -3.10. The van der Waals surface area contributed by atoms with Crippen LogP contribution in [-0.4, -0.2) is 78.5 Å². The van der Waals surface area contributed by atoms with E-state index < -0.39 is 48.8 Å². The lowest BCUT2D eigenvalue weighted by Gasteiger charge is -2.13.